The van der Waals surface area contributed by atoms with Crippen molar-refractivity contribution in [2.45, 2.75) is 33.2 Å². The minimum atomic E-state index is -1.02. The van der Waals surface area contributed by atoms with E-state index in [1.165, 1.54) is 5.56 Å². The van der Waals surface area contributed by atoms with Gasteiger partial charge < -0.3 is 9.52 Å². The summed E-state index contributed by atoms with van der Waals surface area (Å²) in [7, 11) is 0. The van der Waals surface area contributed by atoms with Gasteiger partial charge in [-0.05, 0) is 25.8 Å². The van der Waals surface area contributed by atoms with Crippen molar-refractivity contribution in [3.63, 3.8) is 0 Å². The zero-order valence-corrected chi connectivity index (χ0v) is 10.4. The summed E-state index contributed by atoms with van der Waals surface area (Å²) in [5, 5.41) is 13.6. The van der Waals surface area contributed by atoms with Crippen LogP contribution in [0.25, 0.3) is 11.3 Å². The maximum absolute atomic E-state index is 11.1. The van der Waals surface area contributed by atoms with E-state index in [1.54, 1.807) is 6.92 Å². The smallest absolute Gasteiger partial charge is 0.372 e. The van der Waals surface area contributed by atoms with Crippen LogP contribution in [0.1, 0.15) is 34.4 Å². The first-order valence-electron chi connectivity index (χ1n) is 6.04. The average molecular weight is 246 g/mol. The molecule has 0 spiro atoms. The third kappa shape index (κ3) is 1.40. The van der Waals surface area contributed by atoms with E-state index in [4.69, 9.17) is 9.52 Å². The maximum atomic E-state index is 11.1. The van der Waals surface area contributed by atoms with E-state index in [0.29, 0.717) is 5.56 Å². The molecule has 18 heavy (non-hydrogen) atoms. The first-order chi connectivity index (χ1) is 8.61. The highest BCUT2D eigenvalue weighted by Gasteiger charge is 2.29. The molecule has 2 heterocycles. The van der Waals surface area contributed by atoms with Gasteiger partial charge in [-0.25, -0.2) is 4.79 Å². The lowest BCUT2D eigenvalue weighted by Gasteiger charge is -2.09. The second-order valence-corrected chi connectivity index (χ2v) is 4.52. The van der Waals surface area contributed by atoms with E-state index in [1.807, 2.05) is 17.8 Å². The van der Waals surface area contributed by atoms with Crippen LogP contribution in [0.4, 0.5) is 0 Å². The molecule has 2 aromatic rings. The van der Waals surface area contributed by atoms with Crippen molar-refractivity contribution < 1.29 is 14.3 Å². The van der Waals surface area contributed by atoms with Crippen molar-refractivity contribution in [1.82, 2.24) is 9.78 Å². The lowest BCUT2D eigenvalue weighted by atomic mass is 9.94. The van der Waals surface area contributed by atoms with Crippen molar-refractivity contribution in [1.29, 1.82) is 0 Å². The Hall–Kier alpha value is -2.04. The van der Waals surface area contributed by atoms with Crippen molar-refractivity contribution in [3.05, 3.63) is 28.8 Å². The summed E-state index contributed by atoms with van der Waals surface area (Å²) in [5.74, 6) is -0.226. The molecule has 5 nitrogen and oxygen atoms in total. The van der Waals surface area contributed by atoms with Gasteiger partial charge in [0.2, 0.25) is 5.76 Å². The molecule has 0 aromatic carbocycles. The van der Waals surface area contributed by atoms with Crippen molar-refractivity contribution in [2.75, 3.05) is 0 Å². The molecule has 0 aliphatic heterocycles. The van der Waals surface area contributed by atoms with Gasteiger partial charge in [0.05, 0.1) is 5.69 Å². The molecule has 0 saturated heterocycles. The number of aryl methyl sites for hydroxylation is 3. The molecular formula is C13H14N2O3. The number of hydrogen-bond acceptors (Lipinski definition) is 3. The minimum absolute atomic E-state index is 0.0406. The molecule has 5 heteroatoms. The Balaban J connectivity index is 2.22. The number of hydrogen-bond donors (Lipinski definition) is 1. The van der Waals surface area contributed by atoms with Gasteiger partial charge in [-0.1, -0.05) is 0 Å². The highest BCUT2D eigenvalue weighted by molar-refractivity contribution is 5.90. The molecule has 1 aliphatic carbocycles. The van der Waals surface area contributed by atoms with Gasteiger partial charge in [0.15, 0.2) is 0 Å². The fourth-order valence-electron chi connectivity index (χ4n) is 2.53. The van der Waals surface area contributed by atoms with Crippen LogP contribution in [0.15, 0.2) is 10.6 Å². The molecule has 0 atom stereocenters. The largest absolute Gasteiger partial charge is 0.475 e. The van der Waals surface area contributed by atoms with E-state index in [0.717, 1.165) is 36.4 Å². The van der Waals surface area contributed by atoms with Gasteiger partial charge in [0, 0.05) is 30.3 Å². The molecule has 1 aliphatic rings. The van der Waals surface area contributed by atoms with E-state index in [-0.39, 0.29) is 5.76 Å². The number of rotatable bonds is 2. The number of carboxylic acid groups (broad SMARTS) is 1. The van der Waals surface area contributed by atoms with E-state index in [9.17, 15) is 4.79 Å². The van der Waals surface area contributed by atoms with Crippen molar-refractivity contribution in [3.8, 4) is 11.3 Å². The topological polar surface area (TPSA) is 68.3 Å². The number of furan rings is 1. The fraction of sp³-hybridized carbons (Fsp3) is 0.385. The van der Waals surface area contributed by atoms with Crippen LogP contribution in [0, 0.1) is 6.92 Å². The standard InChI is InChI=1S/C13H14N2O3/c1-3-15-6-8-4-5-9-10(11(8)14-15)7(2)12(18-9)13(16)17/h6H,3-5H2,1-2H3,(H,16,17). The summed E-state index contributed by atoms with van der Waals surface area (Å²) in [5.41, 5.74) is 3.61. The predicted octanol–water partition coefficient (Wildman–Crippen LogP) is 2.27. The van der Waals surface area contributed by atoms with E-state index in [2.05, 4.69) is 5.10 Å². The van der Waals surface area contributed by atoms with Crippen LogP contribution in [0.2, 0.25) is 0 Å². The Morgan fingerprint density at radius 2 is 2.33 bits per heavy atom. The highest BCUT2D eigenvalue weighted by Crippen LogP contribution is 2.38. The zero-order chi connectivity index (χ0) is 12.9. The van der Waals surface area contributed by atoms with Gasteiger partial charge in [-0.2, -0.15) is 5.10 Å². The summed E-state index contributed by atoms with van der Waals surface area (Å²) in [4.78, 5) is 11.1. The summed E-state index contributed by atoms with van der Waals surface area (Å²) in [6.07, 6.45) is 3.63. The number of fused-ring (bicyclic) bond motifs is 3. The number of carbonyl (C=O) groups is 1. The molecule has 2 aromatic heterocycles. The van der Waals surface area contributed by atoms with Crippen LogP contribution < -0.4 is 0 Å². The second-order valence-electron chi connectivity index (χ2n) is 4.52. The Labute approximate surface area is 104 Å². The van der Waals surface area contributed by atoms with Gasteiger partial charge >= 0.3 is 5.97 Å². The molecule has 0 amide bonds. The molecule has 3 rings (SSSR count). The maximum Gasteiger partial charge on any atom is 0.372 e. The summed E-state index contributed by atoms with van der Waals surface area (Å²) < 4.78 is 7.33. The van der Waals surface area contributed by atoms with Crippen LogP contribution in [-0.4, -0.2) is 20.9 Å². The molecule has 0 unspecified atom stereocenters. The first kappa shape index (κ1) is 11.1. The van der Waals surface area contributed by atoms with Crippen LogP contribution in [0.5, 0.6) is 0 Å². The van der Waals surface area contributed by atoms with E-state index < -0.39 is 5.97 Å². The Bertz CT molecular complexity index is 637. The van der Waals surface area contributed by atoms with Gasteiger partial charge in [0.25, 0.3) is 0 Å². The lowest BCUT2D eigenvalue weighted by molar-refractivity contribution is 0.0659. The number of aromatic nitrogens is 2. The molecular weight excluding hydrogens is 232 g/mol. The summed E-state index contributed by atoms with van der Waals surface area (Å²) in [6, 6.07) is 0. The Morgan fingerprint density at radius 3 is 3.00 bits per heavy atom. The van der Waals surface area contributed by atoms with Gasteiger partial charge in [-0.3, -0.25) is 4.68 Å². The zero-order valence-electron chi connectivity index (χ0n) is 10.4. The second kappa shape index (κ2) is 3.73. The van der Waals surface area contributed by atoms with Crippen molar-refractivity contribution in [2.24, 2.45) is 0 Å². The van der Waals surface area contributed by atoms with Crippen LogP contribution in [0.3, 0.4) is 0 Å². The highest BCUT2D eigenvalue weighted by atomic mass is 16.4. The van der Waals surface area contributed by atoms with Gasteiger partial charge in [-0.15, -0.1) is 0 Å². The molecule has 0 bridgehead atoms. The SMILES string of the molecule is CCn1cc2c(n1)-c1c(oc(C(=O)O)c1C)CC2. The Kier molecular flexibility index (Phi) is 2.29. The third-order valence-electron chi connectivity index (χ3n) is 3.43. The lowest BCUT2D eigenvalue weighted by Crippen LogP contribution is -2.00. The summed E-state index contributed by atoms with van der Waals surface area (Å²) >= 11 is 0. The number of nitrogens with zero attached hydrogens (tertiary/aromatic N) is 2. The first-order valence-corrected chi connectivity index (χ1v) is 6.04. The van der Waals surface area contributed by atoms with Crippen LogP contribution in [-0.2, 0) is 19.4 Å². The number of carboxylic acids is 1. The van der Waals surface area contributed by atoms with E-state index >= 15 is 0 Å². The predicted molar refractivity (Wildman–Crippen MR) is 64.7 cm³/mol. The average Bonchev–Trinajstić information content (AvgIpc) is 2.89. The van der Waals surface area contributed by atoms with Gasteiger partial charge in [0.1, 0.15) is 5.76 Å². The third-order valence-corrected chi connectivity index (χ3v) is 3.43. The minimum Gasteiger partial charge on any atom is -0.475 e. The van der Waals surface area contributed by atoms with Crippen molar-refractivity contribution >= 4 is 5.97 Å². The Morgan fingerprint density at radius 1 is 1.56 bits per heavy atom. The normalized spacial score (nSPS) is 13.2. The molecule has 94 valence electrons. The molecule has 0 radical (unpaired) electrons. The number of aromatic carboxylic acids is 1. The fourth-order valence-corrected chi connectivity index (χ4v) is 2.53. The quantitative estimate of drug-likeness (QED) is 0.882. The van der Waals surface area contributed by atoms with Crippen LogP contribution >= 0.6 is 0 Å². The molecule has 0 fully saturated rings. The molecule has 1 N–H and O–H groups in total. The molecule has 0 saturated carbocycles. The summed E-state index contributed by atoms with van der Waals surface area (Å²) in [6.45, 7) is 4.63. The monoisotopic (exact) mass is 246 g/mol.